The van der Waals surface area contributed by atoms with Gasteiger partial charge in [0.15, 0.2) is 0 Å². The van der Waals surface area contributed by atoms with Crippen LogP contribution in [0.15, 0.2) is 18.3 Å². The first kappa shape index (κ1) is 23.3. The zero-order chi connectivity index (χ0) is 22.8. The van der Waals surface area contributed by atoms with Crippen molar-refractivity contribution in [1.29, 1.82) is 0 Å². The second-order valence-corrected chi connectivity index (χ2v) is 8.40. The van der Waals surface area contributed by atoms with E-state index in [9.17, 15) is 27.9 Å². The summed E-state index contributed by atoms with van der Waals surface area (Å²) in [6, 6.07) is -1.72. The minimum Gasteiger partial charge on any atom is -0.394 e. The number of halogens is 3. The number of amides is 3. The number of hydrogen-bond donors (Lipinski definition) is 4. The molecule has 1 saturated carbocycles. The Balaban J connectivity index is 1.68. The van der Waals surface area contributed by atoms with E-state index in [1.807, 2.05) is 5.32 Å². The van der Waals surface area contributed by atoms with Crippen LogP contribution in [0.25, 0.3) is 0 Å². The van der Waals surface area contributed by atoms with Gasteiger partial charge in [-0.3, -0.25) is 4.79 Å². The van der Waals surface area contributed by atoms with E-state index in [2.05, 4.69) is 17.2 Å². The van der Waals surface area contributed by atoms with Crippen molar-refractivity contribution in [2.24, 2.45) is 17.6 Å². The number of alkyl halides is 3. The lowest BCUT2D eigenvalue weighted by Crippen LogP contribution is -2.43. The molecule has 0 unspecified atom stereocenters. The molecule has 3 amide bonds. The smallest absolute Gasteiger partial charge is 0.394 e. The molecule has 3 rings (SSSR count). The lowest BCUT2D eigenvalue weighted by Gasteiger charge is -2.30. The Hall–Kier alpha value is -2.40. The third-order valence-electron chi connectivity index (χ3n) is 6.17. The van der Waals surface area contributed by atoms with E-state index in [-0.39, 0.29) is 17.6 Å². The molecule has 0 aromatic carbocycles. The number of nitrogens with zero attached hydrogens (tertiary/aromatic N) is 2. The summed E-state index contributed by atoms with van der Waals surface area (Å²) >= 11 is 0. The van der Waals surface area contributed by atoms with E-state index in [0.29, 0.717) is 11.5 Å². The van der Waals surface area contributed by atoms with Crippen molar-refractivity contribution in [1.82, 2.24) is 15.2 Å². The Morgan fingerprint density at radius 2 is 2.06 bits per heavy atom. The van der Waals surface area contributed by atoms with E-state index >= 15 is 0 Å². The number of nitrogens with one attached hydrogen (secondary N) is 2. The monoisotopic (exact) mass is 443 g/mol. The molecule has 31 heavy (non-hydrogen) atoms. The minimum atomic E-state index is -4.59. The highest BCUT2D eigenvalue weighted by molar-refractivity contribution is 5.94. The van der Waals surface area contributed by atoms with Crippen molar-refractivity contribution >= 4 is 17.8 Å². The second kappa shape index (κ2) is 9.39. The maximum absolute atomic E-state index is 13.0. The molecule has 0 bridgehead atoms. The summed E-state index contributed by atoms with van der Waals surface area (Å²) in [6.07, 6.45) is 0.564. The van der Waals surface area contributed by atoms with E-state index < -0.39 is 43.5 Å². The molecule has 3 atom stereocenters. The number of aliphatic hydroxyl groups is 1. The fourth-order valence-electron chi connectivity index (χ4n) is 4.19. The maximum Gasteiger partial charge on any atom is 0.410 e. The summed E-state index contributed by atoms with van der Waals surface area (Å²) in [5, 5.41) is 14.3. The molecule has 1 saturated heterocycles. The highest BCUT2D eigenvalue weighted by Gasteiger charge is 2.48. The van der Waals surface area contributed by atoms with Crippen LogP contribution in [-0.4, -0.2) is 58.3 Å². The van der Waals surface area contributed by atoms with Gasteiger partial charge in [0, 0.05) is 6.20 Å². The predicted molar refractivity (Wildman–Crippen MR) is 107 cm³/mol. The van der Waals surface area contributed by atoms with Gasteiger partial charge in [0.25, 0.3) is 0 Å². The van der Waals surface area contributed by atoms with Gasteiger partial charge in [-0.1, -0.05) is 19.8 Å². The maximum atomic E-state index is 13.0. The highest BCUT2D eigenvalue weighted by atomic mass is 19.4. The molecule has 1 aromatic heterocycles. The zero-order valence-electron chi connectivity index (χ0n) is 17.2. The molecule has 1 aliphatic carbocycles. The van der Waals surface area contributed by atoms with Crippen molar-refractivity contribution in [3.63, 3.8) is 0 Å². The normalized spacial score (nSPS) is 26.3. The Kier molecular flexibility index (Phi) is 7.05. The van der Waals surface area contributed by atoms with Crippen molar-refractivity contribution in [3.8, 4) is 0 Å². The molecule has 172 valence electrons. The first-order valence-corrected chi connectivity index (χ1v) is 10.4. The van der Waals surface area contributed by atoms with Gasteiger partial charge in [-0.15, -0.1) is 0 Å². The number of rotatable bonds is 6. The van der Waals surface area contributed by atoms with Gasteiger partial charge in [0.2, 0.25) is 5.91 Å². The van der Waals surface area contributed by atoms with Crippen LogP contribution >= 0.6 is 0 Å². The molecule has 2 heterocycles. The van der Waals surface area contributed by atoms with Gasteiger partial charge >= 0.3 is 12.2 Å². The van der Waals surface area contributed by atoms with E-state index in [1.165, 1.54) is 18.3 Å². The number of hydrogen-bond acceptors (Lipinski definition) is 5. The Labute approximate surface area is 178 Å². The number of carbonyl (C=O) groups excluding carboxylic acids is 2. The average molecular weight is 443 g/mol. The number of anilines is 1. The number of aliphatic hydroxyl groups excluding tert-OH is 1. The van der Waals surface area contributed by atoms with Gasteiger partial charge in [-0.25, -0.2) is 9.78 Å². The second-order valence-electron chi connectivity index (χ2n) is 8.40. The molecule has 2 aliphatic rings. The summed E-state index contributed by atoms with van der Waals surface area (Å²) < 4.78 is 38.9. The summed E-state index contributed by atoms with van der Waals surface area (Å²) in [4.78, 5) is 29.6. The third-order valence-corrected chi connectivity index (χ3v) is 6.17. The largest absolute Gasteiger partial charge is 0.410 e. The summed E-state index contributed by atoms with van der Waals surface area (Å²) in [5.74, 6) is 0.477. The third kappa shape index (κ3) is 5.45. The Morgan fingerprint density at radius 1 is 1.39 bits per heavy atom. The molecule has 8 nitrogen and oxygen atoms in total. The number of nitrogens with two attached hydrogens (primary N) is 1. The quantitative estimate of drug-likeness (QED) is 0.537. The van der Waals surface area contributed by atoms with Crippen LogP contribution in [0.5, 0.6) is 0 Å². The molecule has 1 aliphatic heterocycles. The molecule has 2 fully saturated rings. The zero-order valence-corrected chi connectivity index (χ0v) is 17.2. The molecule has 11 heteroatoms. The number of pyridine rings is 1. The summed E-state index contributed by atoms with van der Waals surface area (Å²) in [6.45, 7) is 0.962. The van der Waals surface area contributed by atoms with Crippen LogP contribution in [0.2, 0.25) is 0 Å². The van der Waals surface area contributed by atoms with Crippen LogP contribution in [0.4, 0.5) is 23.8 Å². The lowest BCUT2D eigenvalue weighted by molar-refractivity contribution is -0.150. The molecule has 0 spiro atoms. The number of urea groups is 1. The van der Waals surface area contributed by atoms with Crippen LogP contribution in [0, 0.1) is 11.8 Å². The van der Waals surface area contributed by atoms with Crippen molar-refractivity contribution in [2.75, 3.05) is 18.5 Å². The van der Waals surface area contributed by atoms with Gasteiger partial charge in [-0.2, -0.15) is 13.2 Å². The first-order chi connectivity index (χ1) is 14.6. The lowest BCUT2D eigenvalue weighted by atomic mass is 9.79. The highest BCUT2D eigenvalue weighted by Crippen LogP contribution is 2.31. The average Bonchev–Trinajstić information content (AvgIpc) is 3.11. The number of aromatic nitrogens is 1. The van der Waals surface area contributed by atoms with Crippen LogP contribution < -0.4 is 16.4 Å². The molecule has 1 aromatic rings. The van der Waals surface area contributed by atoms with Gasteiger partial charge in [-0.05, 0) is 42.4 Å². The standard InChI is InChI=1S/C20H28F3N5O3/c1-11-2-4-12(5-3-11)17(24)18(30)27-16-8-13(6-7-25-16)14(10-29)28-9-15(20(21,22)23)26-19(28)31/h6-8,11-12,14-15,17,29H,2-5,9-10,24H2,1H3,(H,26,31)(H,25,27,30)/t11?,12?,14-,15-,17-/m0/s1. The topological polar surface area (TPSA) is 121 Å². The molecular weight excluding hydrogens is 415 g/mol. The van der Waals surface area contributed by atoms with Crippen molar-refractivity contribution < 1.29 is 27.9 Å². The van der Waals surface area contributed by atoms with Gasteiger partial charge in [0.1, 0.15) is 11.9 Å². The van der Waals surface area contributed by atoms with Crippen molar-refractivity contribution in [2.45, 2.75) is 56.9 Å². The summed E-state index contributed by atoms with van der Waals surface area (Å²) in [7, 11) is 0. The minimum absolute atomic E-state index is 0.0807. The van der Waals surface area contributed by atoms with Crippen LogP contribution in [0.3, 0.4) is 0 Å². The molecule has 5 N–H and O–H groups in total. The first-order valence-electron chi connectivity index (χ1n) is 10.4. The van der Waals surface area contributed by atoms with Crippen LogP contribution in [-0.2, 0) is 4.79 Å². The Morgan fingerprint density at radius 3 is 2.65 bits per heavy atom. The Bertz CT molecular complexity index is 799. The SMILES string of the molecule is CC1CCC([C@H](N)C(=O)Nc2cc([C@H](CO)N3C[C@@H](C(F)(F)F)NC3=O)ccn2)CC1. The van der Waals surface area contributed by atoms with E-state index in [0.717, 1.165) is 30.6 Å². The summed E-state index contributed by atoms with van der Waals surface area (Å²) in [5.41, 5.74) is 6.49. The van der Waals surface area contributed by atoms with E-state index in [4.69, 9.17) is 5.73 Å². The fourth-order valence-corrected chi connectivity index (χ4v) is 4.19. The fraction of sp³-hybridized carbons (Fsp3) is 0.650. The van der Waals surface area contributed by atoms with Crippen molar-refractivity contribution in [3.05, 3.63) is 23.9 Å². The number of carbonyl (C=O) groups is 2. The van der Waals surface area contributed by atoms with Gasteiger partial charge in [0.05, 0.1) is 25.2 Å². The molecule has 0 radical (unpaired) electrons. The van der Waals surface area contributed by atoms with Crippen LogP contribution in [0.1, 0.15) is 44.2 Å². The van der Waals surface area contributed by atoms with E-state index in [1.54, 1.807) is 0 Å². The van der Waals surface area contributed by atoms with Gasteiger partial charge < -0.3 is 26.4 Å². The molecular formula is C20H28F3N5O3. The predicted octanol–water partition coefficient (Wildman–Crippen LogP) is 2.16.